The fourth-order valence-electron chi connectivity index (χ4n) is 3.05. The van der Waals surface area contributed by atoms with Gasteiger partial charge in [0.05, 0.1) is 5.69 Å². The number of nitrogens with zero attached hydrogens (tertiary/aromatic N) is 3. The molecule has 3 aromatic rings. The molecule has 1 amide bonds. The van der Waals surface area contributed by atoms with Crippen molar-refractivity contribution >= 4 is 44.1 Å². The van der Waals surface area contributed by atoms with Crippen LogP contribution in [-0.4, -0.2) is 36.0 Å². The Balaban J connectivity index is 1.54. The van der Waals surface area contributed by atoms with Crippen molar-refractivity contribution < 1.29 is 4.79 Å². The number of carbonyl (C=O) groups excluding carboxylic acids is 1. The van der Waals surface area contributed by atoms with E-state index in [4.69, 9.17) is 9.97 Å². The second-order valence-corrected chi connectivity index (χ2v) is 7.64. The van der Waals surface area contributed by atoms with E-state index in [1.807, 2.05) is 12.1 Å². The smallest absolute Gasteiger partial charge is 0.222 e. The zero-order valence-corrected chi connectivity index (χ0v) is 15.0. The zero-order chi connectivity index (χ0) is 16.5. The molecule has 4 heterocycles. The molecule has 4 rings (SSSR count). The second-order valence-electron chi connectivity index (χ2n) is 5.90. The number of piperidine rings is 1. The van der Waals surface area contributed by atoms with Gasteiger partial charge in [0.25, 0.3) is 0 Å². The lowest BCUT2D eigenvalue weighted by molar-refractivity contribution is -0.125. The van der Waals surface area contributed by atoms with Crippen LogP contribution in [0.2, 0.25) is 0 Å². The number of carbonyl (C=O) groups is 1. The van der Waals surface area contributed by atoms with Gasteiger partial charge >= 0.3 is 0 Å². The van der Waals surface area contributed by atoms with Gasteiger partial charge in [0.1, 0.15) is 10.3 Å². The van der Waals surface area contributed by atoms with Gasteiger partial charge in [-0.15, -0.1) is 0 Å². The Kier molecular flexibility index (Phi) is 4.20. The molecule has 0 saturated carbocycles. The van der Waals surface area contributed by atoms with Crippen LogP contribution < -0.4 is 10.2 Å². The number of pyridine rings is 1. The average Bonchev–Trinajstić information content (AvgIpc) is 3.30. The summed E-state index contributed by atoms with van der Waals surface area (Å²) in [5.41, 5.74) is 3.10. The lowest BCUT2D eigenvalue weighted by Gasteiger charge is -2.30. The first-order valence-electron chi connectivity index (χ1n) is 8.01. The van der Waals surface area contributed by atoms with E-state index in [1.165, 1.54) is 0 Å². The summed E-state index contributed by atoms with van der Waals surface area (Å²) in [6.07, 6.45) is 1.76. The number of hydrogen-bond donors (Lipinski definition) is 1. The largest absolute Gasteiger partial charge is 0.359 e. The maximum atomic E-state index is 11.7. The fraction of sp³-hybridized carbons (Fsp3) is 0.353. The van der Waals surface area contributed by atoms with Gasteiger partial charge in [-0.3, -0.25) is 4.79 Å². The van der Waals surface area contributed by atoms with Crippen LogP contribution in [0.25, 0.3) is 21.6 Å². The van der Waals surface area contributed by atoms with Crippen LogP contribution in [-0.2, 0) is 4.79 Å². The summed E-state index contributed by atoms with van der Waals surface area (Å²) >= 11 is 3.32. The SMILES string of the molecule is CNC(=O)C1CCN(c2nc3ccc(-c4ccsc4)nc3s2)CC1. The highest BCUT2D eigenvalue weighted by molar-refractivity contribution is 7.21. The maximum absolute atomic E-state index is 11.7. The molecule has 1 N–H and O–H groups in total. The third-order valence-corrected chi connectivity index (χ3v) is 6.15. The van der Waals surface area contributed by atoms with Crippen molar-refractivity contribution in [1.82, 2.24) is 15.3 Å². The van der Waals surface area contributed by atoms with Crippen molar-refractivity contribution in [1.29, 1.82) is 0 Å². The number of thiophene rings is 1. The van der Waals surface area contributed by atoms with E-state index in [9.17, 15) is 4.79 Å². The predicted molar refractivity (Wildman–Crippen MR) is 99.7 cm³/mol. The van der Waals surface area contributed by atoms with Crippen molar-refractivity contribution in [3.8, 4) is 11.3 Å². The summed E-state index contributed by atoms with van der Waals surface area (Å²) in [6, 6.07) is 6.17. The Hall–Kier alpha value is -1.99. The highest BCUT2D eigenvalue weighted by Gasteiger charge is 2.25. The molecule has 3 aromatic heterocycles. The van der Waals surface area contributed by atoms with E-state index in [0.717, 1.165) is 52.7 Å². The minimum Gasteiger partial charge on any atom is -0.359 e. The van der Waals surface area contributed by atoms with Crippen LogP contribution in [0.15, 0.2) is 29.0 Å². The van der Waals surface area contributed by atoms with E-state index in [-0.39, 0.29) is 11.8 Å². The molecule has 1 aliphatic heterocycles. The number of aromatic nitrogens is 2. The number of nitrogens with one attached hydrogen (secondary N) is 1. The number of rotatable bonds is 3. The Labute approximate surface area is 148 Å². The number of amides is 1. The first-order valence-corrected chi connectivity index (χ1v) is 9.77. The quantitative estimate of drug-likeness (QED) is 0.780. The molecule has 0 spiro atoms. The van der Waals surface area contributed by atoms with Crippen molar-refractivity contribution in [2.24, 2.45) is 5.92 Å². The lowest BCUT2D eigenvalue weighted by Crippen LogP contribution is -2.39. The first kappa shape index (κ1) is 15.5. The maximum Gasteiger partial charge on any atom is 0.222 e. The molecule has 0 aliphatic carbocycles. The molecule has 0 atom stereocenters. The topological polar surface area (TPSA) is 58.1 Å². The Morgan fingerprint density at radius 2 is 2.08 bits per heavy atom. The molecule has 5 nitrogen and oxygen atoms in total. The Bertz CT molecular complexity index is 851. The monoisotopic (exact) mass is 358 g/mol. The van der Waals surface area contributed by atoms with Crippen LogP contribution in [0.4, 0.5) is 5.13 Å². The van der Waals surface area contributed by atoms with E-state index < -0.39 is 0 Å². The number of hydrogen-bond acceptors (Lipinski definition) is 6. The minimum atomic E-state index is 0.129. The molecular weight excluding hydrogens is 340 g/mol. The number of fused-ring (bicyclic) bond motifs is 1. The van der Waals surface area contributed by atoms with Crippen LogP contribution in [0.1, 0.15) is 12.8 Å². The molecule has 1 saturated heterocycles. The molecule has 124 valence electrons. The third kappa shape index (κ3) is 2.89. The summed E-state index contributed by atoms with van der Waals surface area (Å²) in [4.78, 5) is 24.5. The summed E-state index contributed by atoms with van der Waals surface area (Å²) in [5, 5.41) is 7.94. The normalized spacial score (nSPS) is 15.8. The lowest BCUT2D eigenvalue weighted by atomic mass is 9.96. The standard InChI is InChI=1S/C17H18N4OS2/c1-18-15(22)11-4-7-21(8-5-11)17-20-14-3-2-13(19-16(14)24-17)12-6-9-23-10-12/h2-3,6,9-11H,4-5,7-8H2,1H3,(H,18,22). The molecule has 0 unspecified atom stereocenters. The third-order valence-electron chi connectivity index (χ3n) is 4.44. The van der Waals surface area contributed by atoms with Crippen molar-refractivity contribution in [3.05, 3.63) is 29.0 Å². The molecule has 0 aromatic carbocycles. The Morgan fingerprint density at radius 1 is 1.25 bits per heavy atom. The van der Waals surface area contributed by atoms with Gasteiger partial charge in [0, 0.05) is 37.0 Å². The summed E-state index contributed by atoms with van der Waals surface area (Å²) in [7, 11) is 1.71. The van der Waals surface area contributed by atoms with Crippen molar-refractivity contribution in [2.75, 3.05) is 25.0 Å². The van der Waals surface area contributed by atoms with Gasteiger partial charge in [-0.1, -0.05) is 11.3 Å². The van der Waals surface area contributed by atoms with Crippen LogP contribution >= 0.6 is 22.7 Å². The highest BCUT2D eigenvalue weighted by atomic mass is 32.1. The molecule has 24 heavy (non-hydrogen) atoms. The molecular formula is C17H18N4OS2. The fourth-order valence-corrected chi connectivity index (χ4v) is 4.69. The van der Waals surface area contributed by atoms with Gasteiger partial charge in [-0.05, 0) is 36.4 Å². The van der Waals surface area contributed by atoms with Crippen LogP contribution in [0.5, 0.6) is 0 Å². The summed E-state index contributed by atoms with van der Waals surface area (Å²) in [5.74, 6) is 0.282. The predicted octanol–water partition coefficient (Wildman–Crippen LogP) is 3.38. The van der Waals surface area contributed by atoms with E-state index >= 15 is 0 Å². The minimum absolute atomic E-state index is 0.129. The van der Waals surface area contributed by atoms with Gasteiger partial charge < -0.3 is 10.2 Å². The van der Waals surface area contributed by atoms with Crippen LogP contribution in [0.3, 0.4) is 0 Å². The molecule has 0 radical (unpaired) electrons. The van der Waals surface area contributed by atoms with Crippen LogP contribution in [0, 0.1) is 5.92 Å². The van der Waals surface area contributed by atoms with Gasteiger partial charge in [-0.2, -0.15) is 11.3 Å². The summed E-state index contributed by atoms with van der Waals surface area (Å²) in [6.45, 7) is 1.74. The van der Waals surface area contributed by atoms with Gasteiger partial charge in [0.15, 0.2) is 5.13 Å². The van der Waals surface area contributed by atoms with Gasteiger partial charge in [-0.25, -0.2) is 9.97 Å². The molecule has 0 bridgehead atoms. The van der Waals surface area contributed by atoms with Gasteiger partial charge in [0.2, 0.25) is 5.91 Å². The number of anilines is 1. The average molecular weight is 358 g/mol. The molecule has 1 aliphatic rings. The number of thiazole rings is 1. The molecule has 1 fully saturated rings. The highest BCUT2D eigenvalue weighted by Crippen LogP contribution is 2.32. The zero-order valence-electron chi connectivity index (χ0n) is 13.4. The second kappa shape index (κ2) is 6.49. The van der Waals surface area contributed by atoms with E-state index in [1.54, 1.807) is 29.7 Å². The molecule has 7 heteroatoms. The Morgan fingerprint density at radius 3 is 2.79 bits per heavy atom. The van der Waals surface area contributed by atoms with E-state index in [0.29, 0.717) is 0 Å². The summed E-state index contributed by atoms with van der Waals surface area (Å²) < 4.78 is 0. The van der Waals surface area contributed by atoms with E-state index in [2.05, 4.69) is 27.0 Å². The van der Waals surface area contributed by atoms with Crippen molar-refractivity contribution in [2.45, 2.75) is 12.8 Å². The van der Waals surface area contributed by atoms with Crippen molar-refractivity contribution in [3.63, 3.8) is 0 Å². The first-order chi connectivity index (χ1) is 11.7.